The van der Waals surface area contributed by atoms with Crippen LogP contribution in [0.3, 0.4) is 0 Å². The molecular weight excluding hydrogens is 204 g/mol. The number of nitrogens with zero attached hydrogens (tertiary/aromatic N) is 1. The van der Waals surface area contributed by atoms with Crippen LogP contribution in [0, 0.1) is 0 Å². The van der Waals surface area contributed by atoms with Gasteiger partial charge in [0.05, 0.1) is 19.3 Å². The fourth-order valence-corrected chi connectivity index (χ4v) is 1.80. The van der Waals surface area contributed by atoms with Crippen LogP contribution >= 0.6 is 0 Å². The van der Waals surface area contributed by atoms with Crippen molar-refractivity contribution in [3.8, 4) is 0 Å². The maximum atomic E-state index is 9.42. The van der Waals surface area contributed by atoms with E-state index in [1.54, 1.807) is 0 Å². The van der Waals surface area contributed by atoms with E-state index in [0.717, 1.165) is 16.5 Å². The SMILES string of the molecule is NCc1ccc2ccn(CC(O)CO)c2c1. The van der Waals surface area contributed by atoms with E-state index in [4.69, 9.17) is 10.8 Å². The predicted octanol–water partition coefficient (Wildman–Crippen LogP) is 0.453. The minimum atomic E-state index is -0.725. The topological polar surface area (TPSA) is 71.4 Å². The van der Waals surface area contributed by atoms with Crippen LogP contribution in [-0.2, 0) is 13.1 Å². The van der Waals surface area contributed by atoms with Gasteiger partial charge in [-0.1, -0.05) is 12.1 Å². The van der Waals surface area contributed by atoms with Crippen molar-refractivity contribution < 1.29 is 10.2 Å². The van der Waals surface area contributed by atoms with Gasteiger partial charge in [0.15, 0.2) is 0 Å². The molecule has 0 bridgehead atoms. The van der Waals surface area contributed by atoms with E-state index in [0.29, 0.717) is 13.1 Å². The molecule has 2 aromatic rings. The number of rotatable bonds is 4. The van der Waals surface area contributed by atoms with Gasteiger partial charge in [0.2, 0.25) is 0 Å². The van der Waals surface area contributed by atoms with Gasteiger partial charge >= 0.3 is 0 Å². The second-order valence-corrected chi connectivity index (χ2v) is 3.90. The lowest BCUT2D eigenvalue weighted by molar-refractivity contribution is 0.0822. The highest BCUT2D eigenvalue weighted by molar-refractivity contribution is 5.80. The largest absolute Gasteiger partial charge is 0.394 e. The summed E-state index contributed by atoms with van der Waals surface area (Å²) in [6.07, 6.45) is 1.18. The minimum Gasteiger partial charge on any atom is -0.394 e. The Morgan fingerprint density at radius 1 is 1.31 bits per heavy atom. The highest BCUT2D eigenvalue weighted by Crippen LogP contribution is 2.17. The van der Waals surface area contributed by atoms with E-state index >= 15 is 0 Å². The quantitative estimate of drug-likeness (QED) is 0.700. The van der Waals surface area contributed by atoms with Crippen LogP contribution in [0.4, 0.5) is 0 Å². The lowest BCUT2D eigenvalue weighted by atomic mass is 10.1. The molecule has 0 aliphatic rings. The Kier molecular flexibility index (Phi) is 3.24. The zero-order valence-corrected chi connectivity index (χ0v) is 9.00. The van der Waals surface area contributed by atoms with Crippen molar-refractivity contribution in [2.24, 2.45) is 5.73 Å². The van der Waals surface area contributed by atoms with Crippen molar-refractivity contribution in [2.45, 2.75) is 19.2 Å². The lowest BCUT2D eigenvalue weighted by Gasteiger charge is -2.10. The smallest absolute Gasteiger partial charge is 0.0949 e. The van der Waals surface area contributed by atoms with Crippen LogP contribution < -0.4 is 5.73 Å². The lowest BCUT2D eigenvalue weighted by Crippen LogP contribution is -2.19. The number of nitrogens with two attached hydrogens (primary N) is 1. The molecular formula is C12H16N2O2. The summed E-state index contributed by atoms with van der Waals surface area (Å²) in [5.41, 5.74) is 7.69. The standard InChI is InChI=1S/C12H16N2O2/c13-6-9-1-2-10-3-4-14(12(10)5-9)7-11(16)8-15/h1-5,11,15-16H,6-8,13H2. The maximum absolute atomic E-state index is 9.42. The van der Waals surface area contributed by atoms with Crippen LogP contribution in [0.15, 0.2) is 30.5 Å². The van der Waals surface area contributed by atoms with Crippen molar-refractivity contribution in [2.75, 3.05) is 6.61 Å². The van der Waals surface area contributed by atoms with Gasteiger partial charge in [0, 0.05) is 18.3 Å². The molecule has 4 nitrogen and oxygen atoms in total. The van der Waals surface area contributed by atoms with Crippen LogP contribution in [0.2, 0.25) is 0 Å². The van der Waals surface area contributed by atoms with Gasteiger partial charge in [-0.05, 0) is 23.1 Å². The predicted molar refractivity (Wildman–Crippen MR) is 62.9 cm³/mol. The highest BCUT2D eigenvalue weighted by atomic mass is 16.3. The first-order valence-electron chi connectivity index (χ1n) is 5.31. The van der Waals surface area contributed by atoms with Gasteiger partial charge in [-0.25, -0.2) is 0 Å². The van der Waals surface area contributed by atoms with Crippen molar-refractivity contribution in [3.63, 3.8) is 0 Å². The molecule has 0 aliphatic heterocycles. The molecule has 1 aromatic carbocycles. The normalized spacial score (nSPS) is 13.2. The summed E-state index contributed by atoms with van der Waals surface area (Å²) in [7, 11) is 0. The first-order valence-corrected chi connectivity index (χ1v) is 5.31. The van der Waals surface area contributed by atoms with Gasteiger partial charge in [-0.2, -0.15) is 0 Å². The van der Waals surface area contributed by atoms with Gasteiger partial charge in [0.25, 0.3) is 0 Å². The molecule has 0 fully saturated rings. The van der Waals surface area contributed by atoms with Gasteiger partial charge < -0.3 is 20.5 Å². The summed E-state index contributed by atoms with van der Waals surface area (Å²) in [5, 5.41) is 19.4. The van der Waals surface area contributed by atoms with Crippen molar-refractivity contribution in [3.05, 3.63) is 36.0 Å². The molecule has 0 spiro atoms. The zero-order chi connectivity index (χ0) is 11.5. The number of hydrogen-bond acceptors (Lipinski definition) is 3. The molecule has 86 valence electrons. The van der Waals surface area contributed by atoms with Crippen molar-refractivity contribution in [1.29, 1.82) is 0 Å². The number of benzene rings is 1. The molecule has 16 heavy (non-hydrogen) atoms. The third kappa shape index (κ3) is 2.09. The molecule has 1 unspecified atom stereocenters. The highest BCUT2D eigenvalue weighted by Gasteiger charge is 2.06. The fourth-order valence-electron chi connectivity index (χ4n) is 1.80. The number of aromatic nitrogens is 1. The average Bonchev–Trinajstić information content (AvgIpc) is 2.71. The Labute approximate surface area is 93.9 Å². The summed E-state index contributed by atoms with van der Waals surface area (Å²) in [4.78, 5) is 0. The summed E-state index contributed by atoms with van der Waals surface area (Å²) in [6.45, 7) is 0.675. The molecule has 0 saturated carbocycles. The molecule has 1 aromatic heterocycles. The molecule has 0 radical (unpaired) electrons. The molecule has 2 rings (SSSR count). The Bertz CT molecular complexity index is 479. The number of fused-ring (bicyclic) bond motifs is 1. The summed E-state index contributed by atoms with van der Waals surface area (Å²) < 4.78 is 1.93. The van der Waals surface area contributed by atoms with Crippen molar-refractivity contribution in [1.82, 2.24) is 4.57 Å². The zero-order valence-electron chi connectivity index (χ0n) is 9.00. The van der Waals surface area contributed by atoms with E-state index in [-0.39, 0.29) is 6.61 Å². The van der Waals surface area contributed by atoms with Crippen LogP contribution in [0.25, 0.3) is 10.9 Å². The molecule has 0 saturated heterocycles. The molecule has 1 heterocycles. The Balaban J connectivity index is 2.38. The van der Waals surface area contributed by atoms with E-state index in [1.165, 1.54) is 0 Å². The monoisotopic (exact) mass is 220 g/mol. The van der Waals surface area contributed by atoms with E-state index in [2.05, 4.69) is 0 Å². The molecule has 4 heteroatoms. The van der Waals surface area contributed by atoms with E-state index in [1.807, 2.05) is 35.0 Å². The van der Waals surface area contributed by atoms with Crippen LogP contribution in [-0.4, -0.2) is 27.5 Å². The van der Waals surface area contributed by atoms with E-state index in [9.17, 15) is 5.11 Å². The fraction of sp³-hybridized carbons (Fsp3) is 0.333. The molecule has 0 aliphatic carbocycles. The number of aliphatic hydroxyl groups is 2. The number of aliphatic hydroxyl groups excluding tert-OH is 2. The van der Waals surface area contributed by atoms with Gasteiger partial charge in [0.1, 0.15) is 0 Å². The Hall–Kier alpha value is -1.36. The van der Waals surface area contributed by atoms with Crippen molar-refractivity contribution >= 4 is 10.9 Å². The third-order valence-corrected chi connectivity index (χ3v) is 2.69. The number of hydrogen-bond donors (Lipinski definition) is 3. The van der Waals surface area contributed by atoms with Crippen LogP contribution in [0.1, 0.15) is 5.56 Å². The second kappa shape index (κ2) is 4.65. The molecule has 1 atom stereocenters. The Morgan fingerprint density at radius 3 is 2.81 bits per heavy atom. The summed E-state index contributed by atoms with van der Waals surface area (Å²) >= 11 is 0. The van der Waals surface area contributed by atoms with E-state index < -0.39 is 6.10 Å². The average molecular weight is 220 g/mol. The maximum Gasteiger partial charge on any atom is 0.0949 e. The minimum absolute atomic E-state index is 0.226. The first kappa shape index (κ1) is 11.1. The molecule has 0 amide bonds. The molecule has 4 N–H and O–H groups in total. The second-order valence-electron chi connectivity index (χ2n) is 3.90. The summed E-state index contributed by atoms with van der Waals surface area (Å²) in [5.74, 6) is 0. The Morgan fingerprint density at radius 2 is 2.12 bits per heavy atom. The summed E-state index contributed by atoms with van der Waals surface area (Å²) in [6, 6.07) is 8.01. The van der Waals surface area contributed by atoms with Gasteiger partial charge in [-0.15, -0.1) is 0 Å². The van der Waals surface area contributed by atoms with Gasteiger partial charge in [-0.3, -0.25) is 0 Å². The third-order valence-electron chi connectivity index (χ3n) is 2.69. The first-order chi connectivity index (χ1) is 7.74. The van der Waals surface area contributed by atoms with Crippen LogP contribution in [0.5, 0.6) is 0 Å².